The van der Waals surface area contributed by atoms with Crippen molar-refractivity contribution in [3.63, 3.8) is 0 Å². The number of H-pyrrole nitrogens is 1. The van der Waals surface area contributed by atoms with Gasteiger partial charge in [0, 0.05) is 29.5 Å². The highest BCUT2D eigenvalue weighted by molar-refractivity contribution is 7.99. The van der Waals surface area contributed by atoms with E-state index in [1.165, 1.54) is 0 Å². The molecule has 3 heterocycles. The molecule has 4 rings (SSSR count). The summed E-state index contributed by atoms with van der Waals surface area (Å²) in [7, 11) is 0. The van der Waals surface area contributed by atoms with E-state index >= 15 is 0 Å². The lowest BCUT2D eigenvalue weighted by Crippen LogP contribution is -2.07. The van der Waals surface area contributed by atoms with Crippen LogP contribution in [0.2, 0.25) is 0 Å². The average Bonchev–Trinajstić information content (AvgIpc) is 3.25. The number of rotatable bonds is 4. The van der Waals surface area contributed by atoms with Gasteiger partial charge in [0.05, 0.1) is 11.7 Å². The van der Waals surface area contributed by atoms with E-state index in [1.54, 1.807) is 11.8 Å². The molecular formula is C15H15N3O2S. The largest absolute Gasteiger partial charge is 0.411 e. The van der Waals surface area contributed by atoms with Crippen LogP contribution < -0.4 is 0 Å². The second-order valence-corrected chi connectivity index (χ2v) is 6.04. The first kappa shape index (κ1) is 12.9. The van der Waals surface area contributed by atoms with E-state index in [-0.39, 0.29) is 0 Å². The van der Waals surface area contributed by atoms with E-state index in [2.05, 4.69) is 15.2 Å². The molecule has 1 atom stereocenters. The van der Waals surface area contributed by atoms with Gasteiger partial charge in [-0.15, -0.1) is 10.2 Å². The van der Waals surface area contributed by atoms with E-state index in [0.29, 0.717) is 17.2 Å². The minimum absolute atomic E-state index is 0.318. The smallest absolute Gasteiger partial charge is 0.276 e. The van der Waals surface area contributed by atoms with Crippen molar-refractivity contribution in [2.75, 3.05) is 12.4 Å². The summed E-state index contributed by atoms with van der Waals surface area (Å²) in [5, 5.41) is 9.97. The molecule has 1 saturated heterocycles. The molecule has 1 aliphatic rings. The van der Waals surface area contributed by atoms with Gasteiger partial charge < -0.3 is 14.1 Å². The number of aromatic nitrogens is 3. The van der Waals surface area contributed by atoms with Gasteiger partial charge in [-0.05, 0) is 18.9 Å². The van der Waals surface area contributed by atoms with Crippen molar-refractivity contribution >= 4 is 22.7 Å². The van der Waals surface area contributed by atoms with Gasteiger partial charge in [-0.3, -0.25) is 0 Å². The summed E-state index contributed by atoms with van der Waals surface area (Å²) in [5.74, 6) is 1.43. The van der Waals surface area contributed by atoms with Crippen LogP contribution in [-0.4, -0.2) is 33.6 Å². The molecule has 0 radical (unpaired) electrons. The molecule has 108 valence electrons. The first-order valence-electron chi connectivity index (χ1n) is 7.04. The Hall–Kier alpha value is -1.79. The zero-order valence-electron chi connectivity index (χ0n) is 11.4. The van der Waals surface area contributed by atoms with Crippen LogP contribution in [0.3, 0.4) is 0 Å². The molecule has 21 heavy (non-hydrogen) atoms. The Labute approximate surface area is 126 Å². The summed E-state index contributed by atoms with van der Waals surface area (Å²) in [5.41, 5.74) is 2.02. The van der Waals surface area contributed by atoms with Crippen LogP contribution in [0.5, 0.6) is 0 Å². The number of fused-ring (bicyclic) bond motifs is 1. The molecule has 1 fully saturated rings. The molecule has 1 N–H and O–H groups in total. The van der Waals surface area contributed by atoms with Gasteiger partial charge in [-0.2, -0.15) is 0 Å². The third-order valence-corrected chi connectivity index (χ3v) is 4.59. The summed E-state index contributed by atoms with van der Waals surface area (Å²) >= 11 is 1.57. The van der Waals surface area contributed by atoms with Crippen molar-refractivity contribution < 1.29 is 9.15 Å². The zero-order valence-corrected chi connectivity index (χ0v) is 12.2. The van der Waals surface area contributed by atoms with Crippen molar-refractivity contribution in [1.29, 1.82) is 0 Å². The molecule has 0 saturated carbocycles. The van der Waals surface area contributed by atoms with Crippen molar-refractivity contribution in [3.8, 4) is 11.5 Å². The SMILES string of the molecule is c1ccc2c(-c3nnc(SC[C@H]4CCCO4)o3)c[nH]c2c1. The van der Waals surface area contributed by atoms with Crippen LogP contribution in [0, 0.1) is 0 Å². The monoisotopic (exact) mass is 301 g/mol. The third kappa shape index (κ3) is 2.56. The minimum Gasteiger partial charge on any atom is -0.411 e. The molecule has 0 bridgehead atoms. The maximum atomic E-state index is 5.76. The fourth-order valence-corrected chi connectivity index (χ4v) is 3.39. The number of para-hydroxylation sites is 1. The van der Waals surface area contributed by atoms with Crippen molar-refractivity contribution in [1.82, 2.24) is 15.2 Å². The summed E-state index contributed by atoms with van der Waals surface area (Å²) < 4.78 is 11.4. The third-order valence-electron chi connectivity index (χ3n) is 3.64. The number of benzene rings is 1. The van der Waals surface area contributed by atoms with Gasteiger partial charge in [0.1, 0.15) is 0 Å². The lowest BCUT2D eigenvalue weighted by Gasteiger charge is -2.05. The summed E-state index contributed by atoms with van der Waals surface area (Å²) in [6.07, 6.45) is 4.50. The van der Waals surface area contributed by atoms with Crippen LogP contribution in [0.4, 0.5) is 0 Å². The first-order valence-corrected chi connectivity index (χ1v) is 8.03. The molecule has 0 aliphatic carbocycles. The number of aromatic amines is 1. The Kier molecular flexibility index (Phi) is 3.40. The highest BCUT2D eigenvalue weighted by Gasteiger charge is 2.18. The minimum atomic E-state index is 0.318. The van der Waals surface area contributed by atoms with Gasteiger partial charge >= 0.3 is 0 Å². The fraction of sp³-hybridized carbons (Fsp3) is 0.333. The molecule has 3 aromatic rings. The molecule has 0 spiro atoms. The van der Waals surface area contributed by atoms with Crippen LogP contribution >= 0.6 is 11.8 Å². The lowest BCUT2D eigenvalue weighted by molar-refractivity contribution is 0.128. The normalized spacial score (nSPS) is 18.6. The van der Waals surface area contributed by atoms with E-state index < -0.39 is 0 Å². The average molecular weight is 301 g/mol. The van der Waals surface area contributed by atoms with Crippen molar-refractivity contribution in [2.45, 2.75) is 24.2 Å². The van der Waals surface area contributed by atoms with Crippen molar-refractivity contribution in [2.24, 2.45) is 0 Å². The van der Waals surface area contributed by atoms with Gasteiger partial charge in [0.15, 0.2) is 0 Å². The number of hydrogen-bond donors (Lipinski definition) is 1. The van der Waals surface area contributed by atoms with Crippen LogP contribution in [0.1, 0.15) is 12.8 Å². The zero-order chi connectivity index (χ0) is 14.1. The number of thioether (sulfide) groups is 1. The lowest BCUT2D eigenvalue weighted by atomic mass is 10.2. The van der Waals surface area contributed by atoms with E-state index in [0.717, 1.165) is 41.7 Å². The number of ether oxygens (including phenoxy) is 1. The molecule has 0 unspecified atom stereocenters. The van der Waals surface area contributed by atoms with Crippen LogP contribution in [-0.2, 0) is 4.74 Å². The summed E-state index contributed by atoms with van der Waals surface area (Å²) in [6.45, 7) is 0.871. The van der Waals surface area contributed by atoms with Gasteiger partial charge in [-0.25, -0.2) is 0 Å². The topological polar surface area (TPSA) is 63.9 Å². The molecular weight excluding hydrogens is 286 g/mol. The Morgan fingerprint density at radius 1 is 1.29 bits per heavy atom. The number of nitrogens with one attached hydrogen (secondary N) is 1. The standard InChI is InChI=1S/C15H15N3O2S/c1-2-6-13-11(5-1)12(8-16-13)14-17-18-15(20-14)21-9-10-4-3-7-19-10/h1-2,5-6,8,10,16H,3-4,7,9H2/t10-/m1/s1. The Morgan fingerprint density at radius 3 is 3.14 bits per heavy atom. The van der Waals surface area contributed by atoms with Gasteiger partial charge in [0.2, 0.25) is 0 Å². The molecule has 5 nitrogen and oxygen atoms in total. The Morgan fingerprint density at radius 2 is 2.24 bits per heavy atom. The van der Waals surface area contributed by atoms with E-state index in [9.17, 15) is 0 Å². The molecule has 2 aromatic heterocycles. The van der Waals surface area contributed by atoms with Crippen LogP contribution in [0.15, 0.2) is 40.1 Å². The summed E-state index contributed by atoms with van der Waals surface area (Å²) in [6, 6.07) is 8.08. The second kappa shape index (κ2) is 5.54. The van der Waals surface area contributed by atoms with Gasteiger partial charge in [-0.1, -0.05) is 30.0 Å². The van der Waals surface area contributed by atoms with Gasteiger partial charge in [0.25, 0.3) is 11.1 Å². The van der Waals surface area contributed by atoms with Crippen molar-refractivity contribution in [3.05, 3.63) is 30.5 Å². The number of nitrogens with zero attached hydrogens (tertiary/aromatic N) is 2. The highest BCUT2D eigenvalue weighted by atomic mass is 32.2. The summed E-state index contributed by atoms with van der Waals surface area (Å²) in [4.78, 5) is 3.22. The molecule has 1 aliphatic heterocycles. The maximum Gasteiger partial charge on any atom is 0.276 e. The van der Waals surface area contributed by atoms with E-state index in [1.807, 2.05) is 30.5 Å². The molecule has 6 heteroatoms. The van der Waals surface area contributed by atoms with Crippen LogP contribution in [0.25, 0.3) is 22.4 Å². The predicted octanol–water partition coefficient (Wildman–Crippen LogP) is 3.49. The Bertz CT molecular complexity index is 746. The highest BCUT2D eigenvalue weighted by Crippen LogP contribution is 2.30. The van der Waals surface area contributed by atoms with E-state index in [4.69, 9.17) is 9.15 Å². The fourth-order valence-electron chi connectivity index (χ4n) is 2.57. The second-order valence-electron chi connectivity index (χ2n) is 5.07. The Balaban J connectivity index is 1.53. The first-order chi connectivity index (χ1) is 10.4. The maximum absolute atomic E-state index is 5.76. The quantitative estimate of drug-likeness (QED) is 0.747. The predicted molar refractivity (Wildman–Crippen MR) is 81.3 cm³/mol. The molecule has 1 aromatic carbocycles. The molecule has 0 amide bonds. The number of hydrogen-bond acceptors (Lipinski definition) is 5.